The fraction of sp³-hybridized carbons (Fsp3) is 0.188. The summed E-state index contributed by atoms with van der Waals surface area (Å²) in [7, 11) is -3.40. The molecule has 0 fully saturated rings. The highest BCUT2D eigenvalue weighted by Crippen LogP contribution is 2.19. The Balaban J connectivity index is 2.15. The number of sulfonamides is 1. The molecule has 0 radical (unpaired) electrons. The van der Waals surface area contributed by atoms with Gasteiger partial charge >= 0.3 is 0 Å². The molecule has 0 saturated carbocycles. The molecule has 1 atom stereocenters. The molecule has 2 aromatic carbocycles. The van der Waals surface area contributed by atoms with E-state index in [9.17, 15) is 23.3 Å². The van der Waals surface area contributed by atoms with Gasteiger partial charge in [-0.15, -0.1) is 0 Å². The lowest BCUT2D eigenvalue weighted by Gasteiger charge is -2.15. The molecule has 1 amide bonds. The number of rotatable bonds is 6. The van der Waals surface area contributed by atoms with E-state index in [4.69, 9.17) is 0 Å². The molecule has 0 unspecified atom stereocenters. The first-order valence-electron chi connectivity index (χ1n) is 7.29. The number of amides is 1. The average Bonchev–Trinajstić information content (AvgIpc) is 2.53. The maximum atomic E-state index is 12.3. The molecule has 2 rings (SSSR count). The number of hydrogen-bond acceptors (Lipinski definition) is 5. The standard InChI is InChI=1S/C16H17N3O5S/c1-11(12-5-3-7-14(9-12)18-25(2,23)24)17-16(20)13-6-4-8-15(10-13)19(21)22/h3-11,18H,1-2H3,(H,17,20)/t11-/m1/s1. The number of anilines is 1. The second kappa shape index (κ2) is 7.31. The first-order chi connectivity index (χ1) is 11.7. The van der Waals surface area contributed by atoms with Gasteiger partial charge in [0.05, 0.1) is 17.2 Å². The van der Waals surface area contributed by atoms with Crippen LogP contribution in [-0.2, 0) is 10.0 Å². The Morgan fingerprint density at radius 1 is 1.16 bits per heavy atom. The van der Waals surface area contributed by atoms with Crippen molar-refractivity contribution in [3.05, 3.63) is 69.8 Å². The second-order valence-electron chi connectivity index (χ2n) is 5.50. The Morgan fingerprint density at radius 2 is 1.84 bits per heavy atom. The zero-order valence-electron chi connectivity index (χ0n) is 13.6. The van der Waals surface area contributed by atoms with E-state index in [1.807, 2.05) is 0 Å². The van der Waals surface area contributed by atoms with Gasteiger partial charge in [-0.1, -0.05) is 18.2 Å². The highest BCUT2D eigenvalue weighted by Gasteiger charge is 2.15. The Hall–Kier alpha value is -2.94. The molecule has 0 spiro atoms. The predicted molar refractivity (Wildman–Crippen MR) is 93.9 cm³/mol. The molecule has 0 saturated heterocycles. The van der Waals surface area contributed by atoms with Crippen molar-refractivity contribution in [2.24, 2.45) is 0 Å². The molecule has 2 aromatic rings. The Kier molecular flexibility index (Phi) is 5.38. The predicted octanol–water partition coefficient (Wildman–Crippen LogP) is 2.46. The highest BCUT2D eigenvalue weighted by molar-refractivity contribution is 7.92. The van der Waals surface area contributed by atoms with E-state index < -0.39 is 26.9 Å². The molecule has 0 bridgehead atoms. The van der Waals surface area contributed by atoms with Crippen LogP contribution in [0.25, 0.3) is 0 Å². The Bertz CT molecular complexity index is 911. The summed E-state index contributed by atoms with van der Waals surface area (Å²) >= 11 is 0. The minimum absolute atomic E-state index is 0.167. The molecule has 0 aliphatic rings. The van der Waals surface area contributed by atoms with Gasteiger partial charge in [-0.3, -0.25) is 19.6 Å². The molecule has 9 heteroatoms. The number of nitro groups is 1. The number of nitrogens with zero attached hydrogens (tertiary/aromatic N) is 1. The van der Waals surface area contributed by atoms with Gasteiger partial charge in [0.1, 0.15) is 0 Å². The summed E-state index contributed by atoms with van der Waals surface area (Å²) in [5.74, 6) is -0.460. The van der Waals surface area contributed by atoms with Gasteiger partial charge in [0.2, 0.25) is 10.0 Å². The molecule has 2 N–H and O–H groups in total. The zero-order valence-corrected chi connectivity index (χ0v) is 14.4. The summed E-state index contributed by atoms with van der Waals surface area (Å²) in [6.45, 7) is 1.73. The fourth-order valence-electron chi connectivity index (χ4n) is 2.21. The maximum Gasteiger partial charge on any atom is 0.270 e. The van der Waals surface area contributed by atoms with Crippen LogP contribution < -0.4 is 10.0 Å². The van der Waals surface area contributed by atoms with Gasteiger partial charge in [-0.25, -0.2) is 8.42 Å². The summed E-state index contributed by atoms with van der Waals surface area (Å²) in [4.78, 5) is 22.5. The topological polar surface area (TPSA) is 118 Å². The Morgan fingerprint density at radius 3 is 2.48 bits per heavy atom. The van der Waals surface area contributed by atoms with Crippen molar-refractivity contribution in [1.29, 1.82) is 0 Å². The van der Waals surface area contributed by atoms with E-state index >= 15 is 0 Å². The molecule has 0 aliphatic heterocycles. The van der Waals surface area contributed by atoms with Gasteiger partial charge in [0.25, 0.3) is 11.6 Å². The van der Waals surface area contributed by atoms with Crippen molar-refractivity contribution < 1.29 is 18.1 Å². The van der Waals surface area contributed by atoms with Crippen molar-refractivity contribution in [3.8, 4) is 0 Å². The van der Waals surface area contributed by atoms with E-state index in [0.717, 1.165) is 6.26 Å². The number of nitro benzene ring substituents is 1. The van der Waals surface area contributed by atoms with Crippen LogP contribution in [0, 0.1) is 10.1 Å². The summed E-state index contributed by atoms with van der Waals surface area (Å²) in [5, 5.41) is 13.5. The molecule has 0 aliphatic carbocycles. The van der Waals surface area contributed by atoms with E-state index in [1.54, 1.807) is 31.2 Å². The lowest BCUT2D eigenvalue weighted by molar-refractivity contribution is -0.384. The summed E-state index contributed by atoms with van der Waals surface area (Å²) in [6, 6.07) is 11.6. The van der Waals surface area contributed by atoms with E-state index in [1.165, 1.54) is 24.3 Å². The van der Waals surface area contributed by atoms with Crippen molar-refractivity contribution in [2.45, 2.75) is 13.0 Å². The number of carbonyl (C=O) groups excluding carboxylic acids is 1. The largest absolute Gasteiger partial charge is 0.346 e. The van der Waals surface area contributed by atoms with E-state index in [2.05, 4.69) is 10.0 Å². The van der Waals surface area contributed by atoms with E-state index in [0.29, 0.717) is 11.3 Å². The number of carbonyl (C=O) groups is 1. The Labute approximate surface area is 145 Å². The normalized spacial score (nSPS) is 12.2. The van der Waals surface area contributed by atoms with Crippen LogP contribution in [-0.4, -0.2) is 25.5 Å². The third-order valence-corrected chi connectivity index (χ3v) is 3.96. The van der Waals surface area contributed by atoms with Crippen molar-refractivity contribution >= 4 is 27.3 Å². The lowest BCUT2D eigenvalue weighted by atomic mass is 10.1. The van der Waals surface area contributed by atoms with Crippen molar-refractivity contribution in [1.82, 2.24) is 5.32 Å². The third-order valence-electron chi connectivity index (χ3n) is 3.36. The van der Waals surface area contributed by atoms with Crippen molar-refractivity contribution in [3.63, 3.8) is 0 Å². The molecule has 25 heavy (non-hydrogen) atoms. The van der Waals surface area contributed by atoms with Gasteiger partial charge in [0, 0.05) is 23.4 Å². The molecule has 0 heterocycles. The quantitative estimate of drug-likeness (QED) is 0.604. The molecule has 132 valence electrons. The van der Waals surface area contributed by atoms with Crippen LogP contribution in [0.1, 0.15) is 28.9 Å². The minimum Gasteiger partial charge on any atom is -0.346 e. The number of benzene rings is 2. The maximum absolute atomic E-state index is 12.3. The first-order valence-corrected chi connectivity index (χ1v) is 9.18. The second-order valence-corrected chi connectivity index (χ2v) is 7.25. The van der Waals surface area contributed by atoms with Gasteiger partial charge in [-0.05, 0) is 30.7 Å². The summed E-state index contributed by atoms with van der Waals surface area (Å²) < 4.78 is 25.0. The van der Waals surface area contributed by atoms with Gasteiger partial charge in [0.15, 0.2) is 0 Å². The number of hydrogen-bond donors (Lipinski definition) is 2. The fourth-order valence-corrected chi connectivity index (χ4v) is 2.76. The van der Waals surface area contributed by atoms with Crippen LogP contribution in [0.15, 0.2) is 48.5 Å². The molecule has 0 aromatic heterocycles. The van der Waals surface area contributed by atoms with E-state index in [-0.39, 0.29) is 11.3 Å². The number of nitrogens with one attached hydrogen (secondary N) is 2. The monoisotopic (exact) mass is 363 g/mol. The number of non-ortho nitro benzene ring substituents is 1. The van der Waals surface area contributed by atoms with Crippen LogP contribution in [0.2, 0.25) is 0 Å². The summed E-state index contributed by atoms with van der Waals surface area (Å²) in [5.41, 5.74) is 1.08. The van der Waals surface area contributed by atoms with Crippen molar-refractivity contribution in [2.75, 3.05) is 11.0 Å². The zero-order chi connectivity index (χ0) is 18.6. The minimum atomic E-state index is -3.40. The highest BCUT2D eigenvalue weighted by atomic mass is 32.2. The van der Waals surface area contributed by atoms with Crippen LogP contribution in [0.5, 0.6) is 0 Å². The van der Waals surface area contributed by atoms with Gasteiger partial charge in [-0.2, -0.15) is 0 Å². The molecule has 8 nitrogen and oxygen atoms in total. The van der Waals surface area contributed by atoms with Crippen LogP contribution in [0.3, 0.4) is 0 Å². The van der Waals surface area contributed by atoms with Gasteiger partial charge < -0.3 is 5.32 Å². The average molecular weight is 363 g/mol. The lowest BCUT2D eigenvalue weighted by Crippen LogP contribution is -2.26. The third kappa shape index (κ3) is 5.28. The SMILES string of the molecule is C[C@@H](NC(=O)c1cccc([N+](=O)[O-])c1)c1cccc(NS(C)(=O)=O)c1. The smallest absolute Gasteiger partial charge is 0.270 e. The van der Waals surface area contributed by atoms with Crippen LogP contribution >= 0.6 is 0 Å². The first kappa shape index (κ1) is 18.4. The molecular weight excluding hydrogens is 346 g/mol. The molecular formula is C16H17N3O5S. The summed E-state index contributed by atoms with van der Waals surface area (Å²) in [6.07, 6.45) is 1.05. The van der Waals surface area contributed by atoms with Crippen LogP contribution in [0.4, 0.5) is 11.4 Å².